The Morgan fingerprint density at radius 3 is 2.43 bits per heavy atom. The van der Waals surface area contributed by atoms with Gasteiger partial charge in [-0.05, 0) is 39.3 Å². The van der Waals surface area contributed by atoms with Crippen LogP contribution in [0.25, 0.3) is 0 Å². The Morgan fingerprint density at radius 1 is 1.26 bits per heavy atom. The zero-order chi connectivity index (χ0) is 17.2. The van der Waals surface area contributed by atoms with Crippen LogP contribution in [0.3, 0.4) is 0 Å². The molecule has 1 N–H and O–H groups in total. The Labute approximate surface area is 133 Å². The van der Waals surface area contributed by atoms with Gasteiger partial charge in [0.15, 0.2) is 0 Å². The van der Waals surface area contributed by atoms with Crippen LogP contribution >= 0.6 is 0 Å². The van der Waals surface area contributed by atoms with Gasteiger partial charge in [-0.1, -0.05) is 6.07 Å². The van der Waals surface area contributed by atoms with Crippen molar-refractivity contribution in [1.82, 2.24) is 10.2 Å². The maximum Gasteiger partial charge on any atom is 0.410 e. The Bertz CT molecular complexity index is 594. The summed E-state index contributed by atoms with van der Waals surface area (Å²) >= 11 is 0. The summed E-state index contributed by atoms with van der Waals surface area (Å²) in [5.41, 5.74) is -1.21. The molecule has 1 aliphatic rings. The molecule has 1 fully saturated rings. The first-order valence-electron chi connectivity index (χ1n) is 7.40. The van der Waals surface area contributed by atoms with Crippen LogP contribution in [0.4, 0.5) is 13.6 Å². The summed E-state index contributed by atoms with van der Waals surface area (Å²) in [4.78, 5) is 25.4. The lowest BCUT2D eigenvalue weighted by molar-refractivity contribution is 0.0290. The number of nitrogens with one attached hydrogen (secondary N) is 1. The Hall–Kier alpha value is -2.18. The summed E-state index contributed by atoms with van der Waals surface area (Å²) in [7, 11) is 0. The van der Waals surface area contributed by atoms with Crippen molar-refractivity contribution in [2.45, 2.75) is 38.8 Å². The number of hydrogen-bond donors (Lipinski definition) is 1. The minimum atomic E-state index is -0.913. The number of carbonyl (C=O) groups excluding carboxylic acids is 2. The molecular weight excluding hydrogens is 306 g/mol. The first-order chi connectivity index (χ1) is 10.7. The predicted octanol–water partition coefficient (Wildman–Crippen LogP) is 2.70. The molecule has 2 rings (SSSR count). The Kier molecular flexibility index (Phi) is 4.87. The number of carbonyl (C=O) groups is 2. The third kappa shape index (κ3) is 4.40. The van der Waals surface area contributed by atoms with Crippen molar-refractivity contribution < 1.29 is 23.1 Å². The lowest BCUT2D eigenvalue weighted by Crippen LogP contribution is -2.40. The second-order valence-electron chi connectivity index (χ2n) is 6.48. The van der Waals surface area contributed by atoms with Crippen LogP contribution in [-0.2, 0) is 4.74 Å². The van der Waals surface area contributed by atoms with Gasteiger partial charge in [-0.25, -0.2) is 13.6 Å². The molecule has 0 spiro atoms. The fraction of sp³-hybridized carbons (Fsp3) is 0.500. The number of likely N-dealkylation sites (tertiary alicyclic amines) is 1. The number of hydrogen-bond acceptors (Lipinski definition) is 3. The predicted molar refractivity (Wildman–Crippen MR) is 80.0 cm³/mol. The molecule has 2 amide bonds. The SMILES string of the molecule is CC(C)(C)OC(=O)N1CCC(NC(=O)c2c(F)cccc2F)C1. The second-order valence-corrected chi connectivity index (χ2v) is 6.48. The van der Waals surface area contributed by atoms with Gasteiger partial charge in [0, 0.05) is 19.1 Å². The van der Waals surface area contributed by atoms with Crippen molar-refractivity contribution in [3.63, 3.8) is 0 Å². The minimum absolute atomic E-state index is 0.247. The maximum atomic E-state index is 13.6. The molecule has 1 unspecified atom stereocenters. The third-order valence-electron chi connectivity index (χ3n) is 3.36. The van der Waals surface area contributed by atoms with Gasteiger partial charge in [0.1, 0.15) is 22.8 Å². The van der Waals surface area contributed by atoms with Gasteiger partial charge in [-0.15, -0.1) is 0 Å². The van der Waals surface area contributed by atoms with Crippen LogP contribution in [0, 0.1) is 11.6 Å². The summed E-state index contributed by atoms with van der Waals surface area (Å²) < 4.78 is 32.4. The van der Waals surface area contributed by atoms with E-state index < -0.39 is 34.8 Å². The number of amides is 2. The van der Waals surface area contributed by atoms with Gasteiger partial charge in [-0.3, -0.25) is 4.79 Å². The number of ether oxygens (including phenoxy) is 1. The van der Waals surface area contributed by atoms with Crippen molar-refractivity contribution in [2.75, 3.05) is 13.1 Å². The Morgan fingerprint density at radius 2 is 1.87 bits per heavy atom. The van der Waals surface area contributed by atoms with Crippen molar-refractivity contribution in [3.05, 3.63) is 35.4 Å². The fourth-order valence-corrected chi connectivity index (χ4v) is 2.34. The lowest BCUT2D eigenvalue weighted by atomic mass is 10.1. The largest absolute Gasteiger partial charge is 0.444 e. The highest BCUT2D eigenvalue weighted by atomic mass is 19.1. The fourth-order valence-electron chi connectivity index (χ4n) is 2.34. The van der Waals surface area contributed by atoms with E-state index in [-0.39, 0.29) is 12.6 Å². The van der Waals surface area contributed by atoms with E-state index in [4.69, 9.17) is 4.74 Å². The molecule has 126 valence electrons. The van der Waals surface area contributed by atoms with Crippen LogP contribution in [0.2, 0.25) is 0 Å². The van der Waals surface area contributed by atoms with E-state index >= 15 is 0 Å². The van der Waals surface area contributed by atoms with Gasteiger partial charge in [-0.2, -0.15) is 0 Å². The van der Waals surface area contributed by atoms with E-state index in [0.29, 0.717) is 13.0 Å². The zero-order valence-electron chi connectivity index (χ0n) is 13.4. The summed E-state index contributed by atoms with van der Waals surface area (Å²) in [6.45, 7) is 5.96. The third-order valence-corrected chi connectivity index (χ3v) is 3.36. The highest BCUT2D eigenvalue weighted by Gasteiger charge is 2.31. The number of halogens is 2. The normalized spacial score (nSPS) is 18.0. The van der Waals surface area contributed by atoms with Crippen LogP contribution in [0.1, 0.15) is 37.6 Å². The smallest absolute Gasteiger partial charge is 0.410 e. The summed E-state index contributed by atoms with van der Waals surface area (Å²) in [5.74, 6) is -2.65. The molecule has 0 aromatic heterocycles. The first-order valence-corrected chi connectivity index (χ1v) is 7.40. The molecular formula is C16H20F2N2O3. The average Bonchev–Trinajstić information content (AvgIpc) is 2.85. The topological polar surface area (TPSA) is 58.6 Å². The van der Waals surface area contributed by atoms with Gasteiger partial charge < -0.3 is 15.0 Å². The maximum absolute atomic E-state index is 13.6. The van der Waals surface area contributed by atoms with E-state index in [0.717, 1.165) is 12.1 Å². The first kappa shape index (κ1) is 17.2. The van der Waals surface area contributed by atoms with Crippen LogP contribution in [-0.4, -0.2) is 41.6 Å². The standard InChI is InChI=1S/C16H20F2N2O3/c1-16(2,3)23-15(22)20-8-7-10(9-20)19-14(21)13-11(17)5-4-6-12(13)18/h4-6,10H,7-9H2,1-3H3,(H,19,21). The van der Waals surface area contributed by atoms with E-state index in [9.17, 15) is 18.4 Å². The van der Waals surface area contributed by atoms with Crippen molar-refractivity contribution >= 4 is 12.0 Å². The van der Waals surface area contributed by atoms with E-state index in [2.05, 4.69) is 5.32 Å². The van der Waals surface area contributed by atoms with Crippen molar-refractivity contribution in [3.8, 4) is 0 Å². The number of benzene rings is 1. The second kappa shape index (κ2) is 6.52. The lowest BCUT2D eigenvalue weighted by Gasteiger charge is -2.24. The number of nitrogens with zero attached hydrogens (tertiary/aromatic N) is 1. The quantitative estimate of drug-likeness (QED) is 0.909. The van der Waals surface area contributed by atoms with Gasteiger partial charge in [0.25, 0.3) is 5.91 Å². The molecule has 0 aliphatic carbocycles. The van der Waals surface area contributed by atoms with E-state index in [1.54, 1.807) is 20.8 Å². The molecule has 0 radical (unpaired) electrons. The zero-order valence-corrected chi connectivity index (χ0v) is 13.4. The average molecular weight is 326 g/mol. The molecule has 1 atom stereocenters. The molecule has 1 aliphatic heterocycles. The molecule has 7 heteroatoms. The number of rotatable bonds is 2. The Balaban J connectivity index is 1.96. The molecule has 0 saturated carbocycles. The highest BCUT2D eigenvalue weighted by molar-refractivity contribution is 5.95. The van der Waals surface area contributed by atoms with Crippen LogP contribution in [0.5, 0.6) is 0 Å². The molecule has 5 nitrogen and oxygen atoms in total. The molecule has 1 heterocycles. The monoisotopic (exact) mass is 326 g/mol. The summed E-state index contributed by atoms with van der Waals surface area (Å²) in [6, 6.07) is 2.88. The highest BCUT2D eigenvalue weighted by Crippen LogP contribution is 2.17. The molecule has 0 bridgehead atoms. The van der Waals surface area contributed by atoms with Crippen molar-refractivity contribution in [2.24, 2.45) is 0 Å². The molecule has 1 aromatic rings. The van der Waals surface area contributed by atoms with Crippen LogP contribution < -0.4 is 5.32 Å². The minimum Gasteiger partial charge on any atom is -0.444 e. The summed E-state index contributed by atoms with van der Waals surface area (Å²) in [5, 5.41) is 2.56. The van der Waals surface area contributed by atoms with Gasteiger partial charge in [0.2, 0.25) is 0 Å². The van der Waals surface area contributed by atoms with E-state index in [1.807, 2.05) is 0 Å². The van der Waals surface area contributed by atoms with Crippen LogP contribution in [0.15, 0.2) is 18.2 Å². The summed E-state index contributed by atoms with van der Waals surface area (Å²) in [6.07, 6.45) is 0.0347. The molecule has 1 saturated heterocycles. The van der Waals surface area contributed by atoms with Gasteiger partial charge >= 0.3 is 6.09 Å². The van der Waals surface area contributed by atoms with E-state index in [1.165, 1.54) is 11.0 Å². The molecule has 23 heavy (non-hydrogen) atoms. The molecule has 1 aromatic carbocycles. The van der Waals surface area contributed by atoms with Crippen molar-refractivity contribution in [1.29, 1.82) is 0 Å². The van der Waals surface area contributed by atoms with Gasteiger partial charge in [0.05, 0.1) is 0 Å².